The molecule has 6 heteroatoms. The Hall–Kier alpha value is -1.21. The normalized spacial score (nSPS) is 12.7. The molecule has 102 valence electrons. The van der Waals surface area contributed by atoms with E-state index in [1.165, 1.54) is 0 Å². The Morgan fingerprint density at radius 2 is 2.22 bits per heavy atom. The highest BCUT2D eigenvalue weighted by Crippen LogP contribution is 2.24. The lowest BCUT2D eigenvalue weighted by molar-refractivity contribution is -0.331. The summed E-state index contributed by atoms with van der Waals surface area (Å²) < 4.78 is 0. The van der Waals surface area contributed by atoms with Crippen molar-refractivity contribution in [2.24, 2.45) is 5.73 Å². The number of hydrogen-bond acceptors (Lipinski definition) is 6. The Morgan fingerprint density at radius 3 is 2.78 bits per heavy atom. The molecule has 0 bridgehead atoms. The summed E-state index contributed by atoms with van der Waals surface area (Å²) in [7, 11) is 0. The SMILES string of the molecule is CCC(CN)OOCc1cnc(C)c(O)c1CO. The largest absolute Gasteiger partial charge is 0.506 e. The molecule has 0 saturated carbocycles. The second-order valence-electron chi connectivity index (χ2n) is 3.98. The predicted octanol–water partition coefficient (Wildman–Crippen LogP) is 0.773. The summed E-state index contributed by atoms with van der Waals surface area (Å²) in [4.78, 5) is 14.2. The van der Waals surface area contributed by atoms with Crippen molar-refractivity contribution >= 4 is 0 Å². The van der Waals surface area contributed by atoms with Crippen molar-refractivity contribution in [1.82, 2.24) is 4.98 Å². The molecule has 1 atom stereocenters. The van der Waals surface area contributed by atoms with Gasteiger partial charge in [0.25, 0.3) is 0 Å². The molecule has 0 saturated heterocycles. The number of rotatable bonds is 7. The van der Waals surface area contributed by atoms with E-state index in [4.69, 9.17) is 15.5 Å². The second kappa shape index (κ2) is 7.27. The topological polar surface area (TPSA) is 97.8 Å². The lowest BCUT2D eigenvalue weighted by Gasteiger charge is -2.14. The van der Waals surface area contributed by atoms with Gasteiger partial charge in [-0.05, 0) is 13.3 Å². The van der Waals surface area contributed by atoms with E-state index >= 15 is 0 Å². The van der Waals surface area contributed by atoms with Crippen LogP contribution in [0.2, 0.25) is 0 Å². The maximum atomic E-state index is 9.74. The van der Waals surface area contributed by atoms with Crippen molar-refractivity contribution < 1.29 is 20.0 Å². The van der Waals surface area contributed by atoms with Crippen LogP contribution in [0.4, 0.5) is 0 Å². The molecule has 18 heavy (non-hydrogen) atoms. The molecule has 0 radical (unpaired) electrons. The zero-order valence-electron chi connectivity index (χ0n) is 10.7. The first kappa shape index (κ1) is 14.8. The number of aromatic nitrogens is 1. The van der Waals surface area contributed by atoms with Crippen molar-refractivity contribution in [3.8, 4) is 5.75 Å². The van der Waals surface area contributed by atoms with E-state index in [-0.39, 0.29) is 25.1 Å². The Morgan fingerprint density at radius 1 is 1.50 bits per heavy atom. The van der Waals surface area contributed by atoms with E-state index in [2.05, 4.69) is 4.98 Å². The van der Waals surface area contributed by atoms with E-state index in [9.17, 15) is 10.2 Å². The third-order valence-corrected chi connectivity index (χ3v) is 2.73. The fraction of sp³-hybridized carbons (Fsp3) is 0.583. The summed E-state index contributed by atoms with van der Waals surface area (Å²) in [5.41, 5.74) is 6.93. The maximum absolute atomic E-state index is 9.74. The molecule has 0 fully saturated rings. The van der Waals surface area contributed by atoms with Gasteiger partial charge >= 0.3 is 0 Å². The number of aryl methyl sites for hydroxylation is 1. The molecule has 0 aliphatic rings. The fourth-order valence-corrected chi connectivity index (χ4v) is 1.45. The van der Waals surface area contributed by atoms with Gasteiger partial charge in [-0.3, -0.25) is 4.98 Å². The number of aliphatic hydroxyl groups is 1. The summed E-state index contributed by atoms with van der Waals surface area (Å²) in [5, 5.41) is 19.0. The highest BCUT2D eigenvalue weighted by molar-refractivity contribution is 5.39. The standard InChI is InChI=1S/C12H20N2O4/c1-3-10(4-13)18-17-7-9-5-14-8(2)12(16)11(9)6-15/h5,10,15-16H,3-4,6-7,13H2,1-2H3. The van der Waals surface area contributed by atoms with E-state index in [1.807, 2.05) is 6.92 Å². The van der Waals surface area contributed by atoms with Gasteiger partial charge in [0, 0.05) is 23.9 Å². The Bertz CT molecular complexity index is 381. The molecule has 0 spiro atoms. The van der Waals surface area contributed by atoms with Crippen LogP contribution in [0.25, 0.3) is 0 Å². The van der Waals surface area contributed by atoms with Gasteiger partial charge < -0.3 is 15.9 Å². The molecule has 4 N–H and O–H groups in total. The number of pyridine rings is 1. The summed E-state index contributed by atoms with van der Waals surface area (Å²) in [6, 6.07) is 0. The summed E-state index contributed by atoms with van der Waals surface area (Å²) in [5.74, 6) is -0.00975. The lowest BCUT2D eigenvalue weighted by Crippen LogP contribution is -2.23. The highest BCUT2D eigenvalue weighted by Gasteiger charge is 2.12. The summed E-state index contributed by atoms with van der Waals surface area (Å²) >= 11 is 0. The van der Waals surface area contributed by atoms with Gasteiger partial charge in [0.2, 0.25) is 0 Å². The van der Waals surface area contributed by atoms with Gasteiger partial charge in [-0.2, -0.15) is 0 Å². The maximum Gasteiger partial charge on any atom is 0.142 e. The van der Waals surface area contributed by atoms with Crippen LogP contribution in [-0.2, 0) is 23.0 Å². The molecule has 1 aromatic rings. The first-order chi connectivity index (χ1) is 8.63. The zero-order chi connectivity index (χ0) is 13.5. The molecule has 0 amide bonds. The van der Waals surface area contributed by atoms with Crippen molar-refractivity contribution in [1.29, 1.82) is 0 Å². The molecule has 0 aliphatic heterocycles. The van der Waals surface area contributed by atoms with Crippen molar-refractivity contribution in [3.63, 3.8) is 0 Å². The van der Waals surface area contributed by atoms with Crippen LogP contribution in [0.15, 0.2) is 6.20 Å². The molecule has 1 aromatic heterocycles. The van der Waals surface area contributed by atoms with Crippen LogP contribution in [0, 0.1) is 6.92 Å². The first-order valence-electron chi connectivity index (χ1n) is 5.89. The van der Waals surface area contributed by atoms with Crippen molar-refractivity contribution in [2.45, 2.75) is 39.6 Å². The van der Waals surface area contributed by atoms with Crippen molar-refractivity contribution in [2.75, 3.05) is 6.54 Å². The quantitative estimate of drug-likeness (QED) is 0.492. The molecular weight excluding hydrogens is 236 g/mol. The number of hydrogen-bond donors (Lipinski definition) is 3. The van der Waals surface area contributed by atoms with Crippen LogP contribution < -0.4 is 5.73 Å². The van der Waals surface area contributed by atoms with Crippen LogP contribution in [0.5, 0.6) is 5.75 Å². The Balaban J connectivity index is 2.65. The predicted molar refractivity (Wildman–Crippen MR) is 65.6 cm³/mol. The van der Waals surface area contributed by atoms with Gasteiger partial charge in [-0.25, -0.2) is 9.78 Å². The highest BCUT2D eigenvalue weighted by atomic mass is 17.2. The molecule has 1 heterocycles. The number of aliphatic hydroxyl groups excluding tert-OH is 1. The monoisotopic (exact) mass is 256 g/mol. The van der Waals surface area contributed by atoms with Crippen molar-refractivity contribution in [3.05, 3.63) is 23.0 Å². The summed E-state index contributed by atoms with van der Waals surface area (Å²) in [6.07, 6.45) is 2.14. The van der Waals surface area contributed by atoms with Gasteiger partial charge in [-0.1, -0.05) is 6.92 Å². The molecule has 0 aromatic carbocycles. The van der Waals surface area contributed by atoms with Gasteiger partial charge in [0.1, 0.15) is 18.5 Å². The van der Waals surface area contributed by atoms with E-state index < -0.39 is 0 Å². The van der Waals surface area contributed by atoms with E-state index in [1.54, 1.807) is 13.1 Å². The Labute approximate surface area is 106 Å². The third kappa shape index (κ3) is 3.64. The number of nitrogens with zero attached hydrogens (tertiary/aromatic N) is 1. The van der Waals surface area contributed by atoms with E-state index in [0.29, 0.717) is 23.4 Å². The first-order valence-corrected chi connectivity index (χ1v) is 5.89. The smallest absolute Gasteiger partial charge is 0.142 e. The van der Waals surface area contributed by atoms with Gasteiger partial charge in [0.15, 0.2) is 0 Å². The summed E-state index contributed by atoms with van der Waals surface area (Å²) in [6.45, 7) is 3.81. The molecule has 1 rings (SSSR count). The van der Waals surface area contributed by atoms with Crippen LogP contribution in [-0.4, -0.2) is 27.8 Å². The molecule has 6 nitrogen and oxygen atoms in total. The van der Waals surface area contributed by atoms with Crippen LogP contribution in [0.1, 0.15) is 30.2 Å². The fourth-order valence-electron chi connectivity index (χ4n) is 1.45. The molecular formula is C12H20N2O4. The molecule has 0 aliphatic carbocycles. The Kier molecular flexibility index (Phi) is 6.00. The number of nitrogens with two attached hydrogens (primary N) is 1. The number of aromatic hydroxyl groups is 1. The minimum absolute atomic E-state index is 0.00975. The third-order valence-electron chi connectivity index (χ3n) is 2.73. The minimum Gasteiger partial charge on any atom is -0.506 e. The minimum atomic E-state index is -0.276. The van der Waals surface area contributed by atoms with Crippen LogP contribution >= 0.6 is 0 Å². The van der Waals surface area contributed by atoms with Crippen LogP contribution in [0.3, 0.4) is 0 Å². The lowest BCUT2D eigenvalue weighted by atomic mass is 10.1. The van der Waals surface area contributed by atoms with E-state index in [0.717, 1.165) is 6.42 Å². The second-order valence-corrected chi connectivity index (χ2v) is 3.98. The molecule has 1 unspecified atom stereocenters. The van der Waals surface area contributed by atoms with Gasteiger partial charge in [-0.15, -0.1) is 0 Å². The average molecular weight is 256 g/mol. The zero-order valence-corrected chi connectivity index (χ0v) is 10.7. The van der Waals surface area contributed by atoms with Gasteiger partial charge in [0.05, 0.1) is 12.3 Å². The average Bonchev–Trinajstić information content (AvgIpc) is 2.39.